The van der Waals surface area contributed by atoms with Crippen LogP contribution in [0.3, 0.4) is 0 Å². The lowest BCUT2D eigenvalue weighted by Crippen LogP contribution is -2.25. The minimum absolute atomic E-state index is 0.252. The summed E-state index contributed by atoms with van der Waals surface area (Å²) >= 11 is 0. The normalized spacial score (nSPS) is 11.2. The Kier molecular flexibility index (Phi) is 6.05. The first-order chi connectivity index (χ1) is 17.1. The molecule has 0 amide bonds. The van der Waals surface area contributed by atoms with Gasteiger partial charge in [-0.15, -0.1) is 5.10 Å². The summed E-state index contributed by atoms with van der Waals surface area (Å²) in [5.74, 6) is 0.0797. The van der Waals surface area contributed by atoms with E-state index in [9.17, 15) is 9.18 Å². The molecule has 5 aromatic rings. The largest absolute Gasteiger partial charge is 0.333 e. The fraction of sp³-hybridized carbons (Fsp3) is 0.192. The van der Waals surface area contributed by atoms with Crippen molar-refractivity contribution in [2.45, 2.75) is 33.2 Å². The van der Waals surface area contributed by atoms with Crippen molar-refractivity contribution in [3.63, 3.8) is 0 Å². The number of nitrogens with zero attached hydrogens (tertiary/aromatic N) is 6. The van der Waals surface area contributed by atoms with E-state index in [4.69, 9.17) is 0 Å². The van der Waals surface area contributed by atoms with Crippen LogP contribution >= 0.6 is 0 Å². The van der Waals surface area contributed by atoms with Crippen molar-refractivity contribution in [1.82, 2.24) is 34.7 Å². The molecular formula is C26H24FN7O. The third-order valence-electron chi connectivity index (χ3n) is 5.98. The van der Waals surface area contributed by atoms with Gasteiger partial charge >= 0.3 is 5.69 Å². The van der Waals surface area contributed by atoms with Gasteiger partial charge in [0.2, 0.25) is 0 Å². The fourth-order valence-electron chi connectivity index (χ4n) is 4.30. The summed E-state index contributed by atoms with van der Waals surface area (Å²) in [5, 5.41) is 14.0. The Morgan fingerprint density at radius 1 is 1.06 bits per heavy atom. The molecule has 0 aliphatic heterocycles. The predicted octanol–water partition coefficient (Wildman–Crippen LogP) is 4.33. The van der Waals surface area contributed by atoms with Gasteiger partial charge in [0.05, 0.1) is 12.2 Å². The molecule has 0 aliphatic carbocycles. The van der Waals surface area contributed by atoms with Crippen molar-refractivity contribution in [2.24, 2.45) is 0 Å². The summed E-state index contributed by atoms with van der Waals surface area (Å²) in [5.41, 5.74) is 5.10. The van der Waals surface area contributed by atoms with Gasteiger partial charge in [-0.1, -0.05) is 55.8 Å². The van der Waals surface area contributed by atoms with Crippen molar-refractivity contribution >= 4 is 0 Å². The number of rotatable bonds is 7. The summed E-state index contributed by atoms with van der Waals surface area (Å²) in [6, 6.07) is 16.6. The average molecular weight is 470 g/mol. The van der Waals surface area contributed by atoms with E-state index in [1.165, 1.54) is 10.6 Å². The lowest BCUT2D eigenvalue weighted by Gasteiger charge is -2.10. The molecule has 0 spiro atoms. The van der Waals surface area contributed by atoms with Crippen LogP contribution in [0, 0.1) is 12.7 Å². The van der Waals surface area contributed by atoms with Crippen molar-refractivity contribution in [3.8, 4) is 28.3 Å². The number of pyridine rings is 1. The zero-order valence-electron chi connectivity index (χ0n) is 19.4. The maximum absolute atomic E-state index is 14.6. The van der Waals surface area contributed by atoms with E-state index < -0.39 is 5.82 Å². The molecular weight excluding hydrogens is 445 g/mol. The molecule has 3 heterocycles. The van der Waals surface area contributed by atoms with Gasteiger partial charge < -0.3 is 0 Å². The van der Waals surface area contributed by atoms with E-state index >= 15 is 0 Å². The average Bonchev–Trinajstić information content (AvgIpc) is 3.50. The van der Waals surface area contributed by atoms with Gasteiger partial charge in [0.15, 0.2) is 5.82 Å². The Morgan fingerprint density at radius 2 is 1.89 bits per heavy atom. The Hall–Kier alpha value is -4.40. The van der Waals surface area contributed by atoms with E-state index in [0.717, 1.165) is 35.2 Å². The van der Waals surface area contributed by atoms with Crippen LogP contribution < -0.4 is 5.69 Å². The van der Waals surface area contributed by atoms with E-state index in [-0.39, 0.29) is 5.69 Å². The Labute approximate surface area is 201 Å². The quantitative estimate of drug-likeness (QED) is 0.383. The molecule has 8 nitrogen and oxygen atoms in total. The van der Waals surface area contributed by atoms with Crippen LogP contribution in [-0.4, -0.2) is 34.7 Å². The Bertz CT molecular complexity index is 1500. The highest BCUT2D eigenvalue weighted by Gasteiger charge is 2.17. The lowest BCUT2D eigenvalue weighted by atomic mass is 10.0. The summed E-state index contributed by atoms with van der Waals surface area (Å²) in [4.78, 5) is 17.8. The number of halogens is 1. The van der Waals surface area contributed by atoms with Crippen LogP contribution in [0.2, 0.25) is 0 Å². The van der Waals surface area contributed by atoms with Gasteiger partial charge in [-0.25, -0.2) is 14.3 Å². The highest BCUT2D eigenvalue weighted by molar-refractivity contribution is 5.77. The van der Waals surface area contributed by atoms with Gasteiger partial charge in [-0.2, -0.15) is 0 Å². The van der Waals surface area contributed by atoms with Crippen molar-refractivity contribution < 1.29 is 4.39 Å². The van der Waals surface area contributed by atoms with Crippen LogP contribution in [0.15, 0.2) is 71.8 Å². The Balaban J connectivity index is 1.49. The number of aromatic amines is 1. The first kappa shape index (κ1) is 22.4. The van der Waals surface area contributed by atoms with Gasteiger partial charge in [0.25, 0.3) is 0 Å². The second kappa shape index (κ2) is 9.46. The zero-order valence-corrected chi connectivity index (χ0v) is 19.4. The van der Waals surface area contributed by atoms with Gasteiger partial charge in [-0.05, 0) is 52.6 Å². The number of aromatic nitrogens is 7. The van der Waals surface area contributed by atoms with E-state index in [0.29, 0.717) is 29.3 Å². The molecule has 0 saturated heterocycles. The number of para-hydroxylation sites is 1. The molecule has 0 atom stereocenters. The summed E-state index contributed by atoms with van der Waals surface area (Å²) in [7, 11) is 0. The van der Waals surface area contributed by atoms with E-state index in [1.807, 2.05) is 49.4 Å². The molecule has 5 rings (SSSR count). The topological polar surface area (TPSA) is 94.3 Å². The number of benzene rings is 2. The molecule has 0 unspecified atom stereocenters. The fourth-order valence-corrected chi connectivity index (χ4v) is 4.30. The number of hydrogen-bond acceptors (Lipinski definition) is 5. The highest BCUT2D eigenvalue weighted by Crippen LogP contribution is 2.28. The summed E-state index contributed by atoms with van der Waals surface area (Å²) < 4.78 is 17.8. The number of aryl methyl sites for hydroxylation is 2. The SMILES string of the molecule is CCCc1cn(-c2c(C)cccc2F)c(=O)n1Cc1ccc(-c2cccnc2-c2nnn[nH]2)cc1. The van der Waals surface area contributed by atoms with Crippen LogP contribution in [0.4, 0.5) is 4.39 Å². The molecule has 0 bridgehead atoms. The van der Waals surface area contributed by atoms with Gasteiger partial charge in [-0.3, -0.25) is 14.1 Å². The maximum atomic E-state index is 14.6. The molecule has 9 heteroatoms. The van der Waals surface area contributed by atoms with Gasteiger partial charge in [0.1, 0.15) is 11.5 Å². The van der Waals surface area contributed by atoms with E-state index in [2.05, 4.69) is 32.5 Å². The van der Waals surface area contributed by atoms with Crippen LogP contribution in [0.1, 0.15) is 30.2 Å². The second-order valence-electron chi connectivity index (χ2n) is 8.36. The summed E-state index contributed by atoms with van der Waals surface area (Å²) in [6.07, 6.45) is 5.05. The molecule has 1 N–H and O–H groups in total. The standard InChI is InChI=1S/C26H24FN7O/c1-3-6-20-16-34(24-17(2)7-4-9-22(24)27)26(35)33(20)15-18-10-12-19(13-11-18)21-8-5-14-28-23(21)25-29-31-32-30-25/h4-5,7-14,16H,3,6,15H2,1-2H3,(H,29,30,31,32). The molecule has 35 heavy (non-hydrogen) atoms. The number of hydrogen-bond donors (Lipinski definition) is 1. The van der Waals surface area contributed by atoms with Crippen LogP contribution in [0.5, 0.6) is 0 Å². The smallest absolute Gasteiger partial charge is 0.292 e. The number of tetrazole rings is 1. The molecule has 2 aromatic carbocycles. The van der Waals surface area contributed by atoms with Gasteiger partial charge in [0, 0.05) is 23.7 Å². The van der Waals surface area contributed by atoms with Crippen molar-refractivity contribution in [3.05, 3.63) is 100 Å². The van der Waals surface area contributed by atoms with Crippen molar-refractivity contribution in [1.29, 1.82) is 0 Å². The molecule has 3 aromatic heterocycles. The first-order valence-corrected chi connectivity index (χ1v) is 11.4. The number of nitrogens with one attached hydrogen (secondary N) is 1. The summed E-state index contributed by atoms with van der Waals surface area (Å²) in [6.45, 7) is 4.26. The molecule has 0 aliphatic rings. The molecule has 176 valence electrons. The van der Waals surface area contributed by atoms with E-state index in [1.54, 1.807) is 23.0 Å². The molecule has 0 saturated carbocycles. The minimum Gasteiger partial charge on any atom is -0.292 e. The highest BCUT2D eigenvalue weighted by atomic mass is 19.1. The minimum atomic E-state index is -0.411. The third kappa shape index (κ3) is 4.28. The molecule has 0 fully saturated rings. The van der Waals surface area contributed by atoms with Crippen LogP contribution in [0.25, 0.3) is 28.3 Å². The zero-order chi connectivity index (χ0) is 24.4. The third-order valence-corrected chi connectivity index (χ3v) is 5.98. The Morgan fingerprint density at radius 3 is 2.60 bits per heavy atom. The predicted molar refractivity (Wildman–Crippen MR) is 131 cm³/mol. The first-order valence-electron chi connectivity index (χ1n) is 11.4. The monoisotopic (exact) mass is 469 g/mol. The molecule has 0 radical (unpaired) electrons. The second-order valence-corrected chi connectivity index (χ2v) is 8.36. The number of H-pyrrole nitrogens is 1. The lowest BCUT2D eigenvalue weighted by molar-refractivity contribution is 0.611. The number of imidazole rings is 1. The van der Waals surface area contributed by atoms with Crippen molar-refractivity contribution in [2.75, 3.05) is 0 Å². The maximum Gasteiger partial charge on any atom is 0.333 e. The van der Waals surface area contributed by atoms with Crippen LogP contribution in [-0.2, 0) is 13.0 Å².